The first-order valence-corrected chi connectivity index (χ1v) is 7.92. The Balaban J connectivity index is 2.81. The number of hydrogen-bond donors (Lipinski definition) is 1. The minimum Gasteiger partial charge on any atom is -0.319 e. The number of aromatic nitrogens is 1. The van der Waals surface area contributed by atoms with E-state index in [1.807, 2.05) is 0 Å². The summed E-state index contributed by atoms with van der Waals surface area (Å²) in [6, 6.07) is 3.60. The van der Waals surface area contributed by atoms with Gasteiger partial charge in [-0.25, -0.2) is 4.39 Å². The smallest absolute Gasteiger partial charge is 0.319 e. The van der Waals surface area contributed by atoms with Gasteiger partial charge in [-0.2, -0.15) is 4.39 Å². The van der Waals surface area contributed by atoms with Crippen molar-refractivity contribution in [1.29, 1.82) is 0 Å². The number of carbonyl (C=O) groups is 1. The van der Waals surface area contributed by atoms with E-state index in [1.54, 1.807) is 20.8 Å². The van der Waals surface area contributed by atoms with E-state index in [9.17, 15) is 23.7 Å². The molecule has 2 aromatic rings. The fourth-order valence-corrected chi connectivity index (χ4v) is 2.40. The van der Waals surface area contributed by atoms with Gasteiger partial charge < -0.3 is 5.32 Å². The van der Waals surface area contributed by atoms with E-state index in [2.05, 4.69) is 26.2 Å². The quantitative estimate of drug-likeness (QED) is 0.584. The second-order valence-electron chi connectivity index (χ2n) is 6.24. The molecule has 0 aliphatic rings. The summed E-state index contributed by atoms with van der Waals surface area (Å²) in [6.45, 7) is 4.76. The summed E-state index contributed by atoms with van der Waals surface area (Å²) in [5.74, 6) is -2.52. The van der Waals surface area contributed by atoms with Crippen LogP contribution in [0.25, 0.3) is 11.3 Å². The summed E-state index contributed by atoms with van der Waals surface area (Å²) in [5.41, 5.74) is -2.65. The molecule has 0 saturated heterocycles. The maximum absolute atomic E-state index is 14.3. The van der Waals surface area contributed by atoms with Crippen molar-refractivity contribution in [2.45, 2.75) is 20.8 Å². The van der Waals surface area contributed by atoms with Gasteiger partial charge in [0.25, 0.3) is 0 Å². The molecule has 0 unspecified atom stereocenters. The Morgan fingerprint density at radius 1 is 1.36 bits per heavy atom. The number of pyridine rings is 1. The molecule has 0 fully saturated rings. The maximum Gasteiger partial charge on any atom is 0.329 e. The largest absolute Gasteiger partial charge is 0.329 e. The average molecular weight is 414 g/mol. The maximum atomic E-state index is 14.3. The highest BCUT2D eigenvalue weighted by Gasteiger charge is 2.32. The molecule has 1 aromatic heterocycles. The van der Waals surface area contributed by atoms with E-state index >= 15 is 0 Å². The number of hydrogen-bond acceptors (Lipinski definition) is 4. The number of carbonyl (C=O) groups excluding carboxylic acids is 1. The molecule has 0 bridgehead atoms. The van der Waals surface area contributed by atoms with Gasteiger partial charge in [0.15, 0.2) is 0 Å². The van der Waals surface area contributed by atoms with Crippen LogP contribution < -0.4 is 5.32 Å². The first kappa shape index (κ1) is 18.9. The fraction of sp³-hybridized carbons (Fsp3) is 0.250. The predicted molar refractivity (Wildman–Crippen MR) is 92.0 cm³/mol. The molecular formula is C16H14BrF2N3O3. The van der Waals surface area contributed by atoms with Crippen LogP contribution in [-0.2, 0) is 4.79 Å². The van der Waals surface area contributed by atoms with E-state index < -0.39 is 39.3 Å². The summed E-state index contributed by atoms with van der Waals surface area (Å²) >= 11 is 2.88. The van der Waals surface area contributed by atoms with Crippen molar-refractivity contribution in [2.75, 3.05) is 5.32 Å². The second kappa shape index (κ2) is 6.83. The van der Waals surface area contributed by atoms with Gasteiger partial charge in [0, 0.05) is 17.2 Å². The number of amides is 1. The van der Waals surface area contributed by atoms with Crippen LogP contribution in [0.3, 0.4) is 0 Å². The molecule has 0 spiro atoms. The standard InChI is InChI=1S/C16H14BrF2N3O3/c1-16(2,3)15(23)21-13-8(12-10(18)5-4-6-20-12)7-9(17)11(19)14(13)22(24)25/h4-7H,1-3H3,(H,21,23). The van der Waals surface area contributed by atoms with E-state index in [0.29, 0.717) is 0 Å². The first-order valence-electron chi connectivity index (χ1n) is 7.12. The highest BCUT2D eigenvalue weighted by Crippen LogP contribution is 2.42. The third-order valence-electron chi connectivity index (χ3n) is 3.31. The number of nitrogens with one attached hydrogen (secondary N) is 1. The molecule has 1 heterocycles. The van der Waals surface area contributed by atoms with Gasteiger partial charge in [-0.15, -0.1) is 0 Å². The molecule has 1 aromatic carbocycles. The first-order chi connectivity index (χ1) is 11.5. The van der Waals surface area contributed by atoms with Gasteiger partial charge in [-0.05, 0) is 34.1 Å². The number of nitrogens with zero attached hydrogens (tertiary/aromatic N) is 2. The van der Waals surface area contributed by atoms with Crippen LogP contribution in [0.15, 0.2) is 28.9 Å². The molecule has 6 nitrogen and oxygen atoms in total. The van der Waals surface area contributed by atoms with E-state index in [-0.39, 0.29) is 15.7 Å². The minimum absolute atomic E-state index is 0.101. The molecule has 0 radical (unpaired) electrons. The summed E-state index contributed by atoms with van der Waals surface area (Å²) in [6.07, 6.45) is 1.29. The van der Waals surface area contributed by atoms with Crippen molar-refractivity contribution in [3.8, 4) is 11.3 Å². The Morgan fingerprint density at radius 3 is 2.52 bits per heavy atom. The summed E-state index contributed by atoms with van der Waals surface area (Å²) in [5, 5.41) is 13.7. The zero-order valence-electron chi connectivity index (χ0n) is 13.6. The van der Waals surface area contributed by atoms with Crippen LogP contribution in [0.2, 0.25) is 0 Å². The molecule has 0 aliphatic carbocycles. The predicted octanol–water partition coefficient (Wildman–Crippen LogP) is 4.68. The summed E-state index contributed by atoms with van der Waals surface area (Å²) < 4.78 is 28.2. The van der Waals surface area contributed by atoms with E-state index in [0.717, 1.165) is 12.1 Å². The van der Waals surface area contributed by atoms with Crippen LogP contribution in [0.4, 0.5) is 20.2 Å². The lowest BCUT2D eigenvalue weighted by Crippen LogP contribution is -2.28. The van der Waals surface area contributed by atoms with Crippen molar-refractivity contribution >= 4 is 33.2 Å². The number of rotatable bonds is 3. The summed E-state index contributed by atoms with van der Waals surface area (Å²) in [4.78, 5) is 26.6. The van der Waals surface area contributed by atoms with Gasteiger partial charge in [-0.1, -0.05) is 20.8 Å². The molecule has 2 rings (SSSR count). The lowest BCUT2D eigenvalue weighted by molar-refractivity contribution is -0.386. The SMILES string of the molecule is CC(C)(C)C(=O)Nc1c(-c2ncccc2F)cc(Br)c(F)c1[N+](=O)[O-]. The minimum atomic E-state index is -1.17. The Bertz CT molecular complexity index is 866. The molecule has 9 heteroatoms. The summed E-state index contributed by atoms with van der Waals surface area (Å²) in [7, 11) is 0. The van der Waals surface area contributed by atoms with Crippen LogP contribution in [-0.4, -0.2) is 15.8 Å². The Hall–Kier alpha value is -2.42. The van der Waals surface area contributed by atoms with Gasteiger partial charge in [0.05, 0.1) is 9.40 Å². The zero-order valence-corrected chi connectivity index (χ0v) is 15.1. The average Bonchev–Trinajstić information content (AvgIpc) is 2.50. The topological polar surface area (TPSA) is 85.1 Å². The second-order valence-corrected chi connectivity index (χ2v) is 7.09. The molecule has 0 saturated carbocycles. The molecule has 132 valence electrons. The number of nitro benzene ring substituents is 1. The number of anilines is 1. The lowest BCUT2D eigenvalue weighted by atomic mass is 9.95. The lowest BCUT2D eigenvalue weighted by Gasteiger charge is -2.20. The molecule has 0 atom stereocenters. The van der Waals surface area contributed by atoms with E-state index in [4.69, 9.17) is 0 Å². The van der Waals surface area contributed by atoms with Gasteiger partial charge in [0.1, 0.15) is 17.2 Å². The van der Waals surface area contributed by atoms with Gasteiger partial charge in [0.2, 0.25) is 11.7 Å². The van der Waals surface area contributed by atoms with Crippen molar-refractivity contribution in [3.63, 3.8) is 0 Å². The normalized spacial score (nSPS) is 11.3. The zero-order chi connectivity index (χ0) is 18.9. The molecule has 0 aliphatic heterocycles. The van der Waals surface area contributed by atoms with Gasteiger partial charge in [-0.3, -0.25) is 19.9 Å². The molecular weight excluding hydrogens is 400 g/mol. The van der Waals surface area contributed by atoms with Crippen molar-refractivity contribution in [1.82, 2.24) is 4.98 Å². The van der Waals surface area contributed by atoms with Crippen molar-refractivity contribution < 1.29 is 18.5 Å². The molecule has 25 heavy (non-hydrogen) atoms. The molecule has 1 N–H and O–H groups in total. The number of halogens is 3. The monoisotopic (exact) mass is 413 g/mol. The van der Waals surface area contributed by atoms with Gasteiger partial charge >= 0.3 is 5.69 Å². The number of benzene rings is 1. The Kier molecular flexibility index (Phi) is 5.17. The van der Waals surface area contributed by atoms with Crippen molar-refractivity contribution in [3.05, 3.63) is 50.6 Å². The van der Waals surface area contributed by atoms with Crippen LogP contribution in [0, 0.1) is 27.2 Å². The highest BCUT2D eigenvalue weighted by molar-refractivity contribution is 9.10. The highest BCUT2D eigenvalue weighted by atomic mass is 79.9. The Morgan fingerprint density at radius 2 is 2.00 bits per heavy atom. The molecule has 1 amide bonds. The fourth-order valence-electron chi connectivity index (χ4n) is 1.98. The van der Waals surface area contributed by atoms with Crippen LogP contribution >= 0.6 is 15.9 Å². The third kappa shape index (κ3) is 3.81. The van der Waals surface area contributed by atoms with Crippen molar-refractivity contribution in [2.24, 2.45) is 5.41 Å². The van der Waals surface area contributed by atoms with Crippen LogP contribution in [0.1, 0.15) is 20.8 Å². The Labute approximate surface area is 150 Å². The third-order valence-corrected chi connectivity index (χ3v) is 3.89. The number of nitro groups is 1. The van der Waals surface area contributed by atoms with E-state index in [1.165, 1.54) is 12.3 Å². The van der Waals surface area contributed by atoms with Crippen LogP contribution in [0.5, 0.6) is 0 Å².